The van der Waals surface area contributed by atoms with Gasteiger partial charge in [-0.1, -0.05) is 17.7 Å². The van der Waals surface area contributed by atoms with E-state index in [0.717, 1.165) is 12.0 Å². The van der Waals surface area contributed by atoms with Gasteiger partial charge in [-0.2, -0.15) is 0 Å². The van der Waals surface area contributed by atoms with Gasteiger partial charge in [-0.05, 0) is 35.6 Å². The van der Waals surface area contributed by atoms with E-state index in [9.17, 15) is 4.21 Å². The number of ether oxygens (including phenoxy) is 2. The van der Waals surface area contributed by atoms with Crippen molar-refractivity contribution in [1.82, 2.24) is 0 Å². The lowest BCUT2D eigenvalue weighted by molar-refractivity contribution is 0.171. The molecule has 1 aromatic carbocycles. The highest BCUT2D eigenvalue weighted by Gasteiger charge is 2.17. The minimum Gasteiger partial charge on any atom is -0.486 e. The van der Waals surface area contributed by atoms with Crippen LogP contribution in [0.3, 0.4) is 0 Å². The predicted molar refractivity (Wildman–Crippen MR) is 87.2 cm³/mol. The fourth-order valence-corrected chi connectivity index (χ4v) is 4.43. The molecule has 1 atom stereocenters. The number of aryl methyl sites for hydroxylation is 1. The Kier molecular flexibility index (Phi) is 4.83. The average Bonchev–Trinajstić information content (AvgIpc) is 2.98. The quantitative estimate of drug-likeness (QED) is 0.831. The summed E-state index contributed by atoms with van der Waals surface area (Å²) < 4.78 is 23.2. The van der Waals surface area contributed by atoms with E-state index < -0.39 is 10.8 Å². The maximum absolute atomic E-state index is 12.2. The zero-order chi connectivity index (χ0) is 14.7. The molecule has 0 radical (unpaired) electrons. The van der Waals surface area contributed by atoms with E-state index in [-0.39, 0.29) is 0 Å². The second-order valence-corrected chi connectivity index (χ2v) is 7.74. The van der Waals surface area contributed by atoms with Gasteiger partial charge in [0.2, 0.25) is 0 Å². The van der Waals surface area contributed by atoms with E-state index in [2.05, 4.69) is 6.07 Å². The Bertz CT molecular complexity index is 641. The zero-order valence-corrected chi connectivity index (χ0v) is 13.7. The minimum absolute atomic E-state index is 0.488. The highest BCUT2D eigenvalue weighted by Crippen LogP contribution is 2.38. The first-order valence-corrected chi connectivity index (χ1v) is 9.42. The molecule has 1 aliphatic heterocycles. The summed E-state index contributed by atoms with van der Waals surface area (Å²) >= 11 is 7.89. The number of hydrogen-bond acceptors (Lipinski definition) is 4. The van der Waals surface area contributed by atoms with Crippen LogP contribution in [0.2, 0.25) is 5.02 Å². The molecule has 1 aliphatic rings. The van der Waals surface area contributed by atoms with E-state index in [1.54, 1.807) is 11.3 Å². The van der Waals surface area contributed by atoms with Crippen molar-refractivity contribution in [2.24, 2.45) is 0 Å². The summed E-state index contributed by atoms with van der Waals surface area (Å²) in [5.41, 5.74) is 0.925. The summed E-state index contributed by atoms with van der Waals surface area (Å²) in [4.78, 5) is 1.27. The van der Waals surface area contributed by atoms with Crippen LogP contribution in [0.4, 0.5) is 0 Å². The molecule has 0 fully saturated rings. The lowest BCUT2D eigenvalue weighted by Gasteiger charge is -2.20. The van der Waals surface area contributed by atoms with Crippen molar-refractivity contribution >= 4 is 33.7 Å². The monoisotopic (exact) mass is 342 g/mol. The third-order valence-corrected chi connectivity index (χ3v) is 5.67. The second kappa shape index (κ2) is 6.81. The summed E-state index contributed by atoms with van der Waals surface area (Å²) in [6.07, 6.45) is 0.850. The van der Waals surface area contributed by atoms with Gasteiger partial charge in [0.05, 0.1) is 5.02 Å². The van der Waals surface area contributed by atoms with Crippen molar-refractivity contribution < 1.29 is 13.7 Å². The van der Waals surface area contributed by atoms with E-state index in [0.29, 0.717) is 41.2 Å². The first-order valence-electron chi connectivity index (χ1n) is 6.68. The minimum atomic E-state index is -0.913. The molecule has 0 amide bonds. The van der Waals surface area contributed by atoms with Crippen molar-refractivity contribution in [1.29, 1.82) is 0 Å². The van der Waals surface area contributed by atoms with Gasteiger partial charge in [0.25, 0.3) is 0 Å². The first kappa shape index (κ1) is 14.9. The van der Waals surface area contributed by atoms with Crippen molar-refractivity contribution in [3.05, 3.63) is 45.1 Å². The molecule has 1 aromatic heterocycles. The van der Waals surface area contributed by atoms with Gasteiger partial charge < -0.3 is 9.47 Å². The van der Waals surface area contributed by atoms with Crippen molar-refractivity contribution in [2.75, 3.05) is 19.0 Å². The average molecular weight is 343 g/mol. The number of halogens is 1. The van der Waals surface area contributed by atoms with Gasteiger partial charge in [-0.25, -0.2) is 0 Å². The maximum Gasteiger partial charge on any atom is 0.179 e. The zero-order valence-electron chi connectivity index (χ0n) is 11.3. The van der Waals surface area contributed by atoms with Gasteiger partial charge in [0.15, 0.2) is 11.5 Å². The molecule has 1 unspecified atom stereocenters. The van der Waals surface area contributed by atoms with Gasteiger partial charge >= 0.3 is 0 Å². The highest BCUT2D eigenvalue weighted by molar-refractivity contribution is 7.84. The predicted octanol–water partition coefficient (Wildman–Crippen LogP) is 3.66. The van der Waals surface area contributed by atoms with Gasteiger partial charge in [-0.3, -0.25) is 4.21 Å². The Morgan fingerprint density at radius 3 is 2.95 bits per heavy atom. The largest absolute Gasteiger partial charge is 0.486 e. The summed E-state index contributed by atoms with van der Waals surface area (Å²) in [6.45, 7) is 1.03. The lowest BCUT2D eigenvalue weighted by atomic mass is 10.2. The van der Waals surface area contributed by atoms with Gasteiger partial charge in [0.1, 0.15) is 13.2 Å². The smallest absolute Gasteiger partial charge is 0.179 e. The lowest BCUT2D eigenvalue weighted by Crippen LogP contribution is -2.16. The number of thiophene rings is 1. The van der Waals surface area contributed by atoms with Crippen LogP contribution in [-0.2, 0) is 23.0 Å². The van der Waals surface area contributed by atoms with Crippen LogP contribution in [0.1, 0.15) is 10.4 Å². The summed E-state index contributed by atoms with van der Waals surface area (Å²) in [6, 6.07) is 7.79. The van der Waals surface area contributed by atoms with E-state index in [1.165, 1.54) is 4.88 Å². The molecule has 0 saturated heterocycles. The Balaban J connectivity index is 1.64. The molecule has 0 N–H and O–H groups in total. The maximum atomic E-state index is 12.2. The van der Waals surface area contributed by atoms with Crippen molar-refractivity contribution in [3.8, 4) is 11.5 Å². The molecule has 3 nitrogen and oxygen atoms in total. The van der Waals surface area contributed by atoms with E-state index in [4.69, 9.17) is 21.1 Å². The van der Waals surface area contributed by atoms with Crippen LogP contribution in [0.25, 0.3) is 0 Å². The second-order valence-electron chi connectivity index (χ2n) is 4.72. The Morgan fingerprint density at radius 2 is 2.14 bits per heavy atom. The van der Waals surface area contributed by atoms with Crippen LogP contribution >= 0.6 is 22.9 Å². The molecular weight excluding hydrogens is 328 g/mol. The third kappa shape index (κ3) is 3.78. The molecule has 21 heavy (non-hydrogen) atoms. The highest BCUT2D eigenvalue weighted by atomic mass is 35.5. The van der Waals surface area contributed by atoms with Crippen LogP contribution in [0.15, 0.2) is 29.6 Å². The van der Waals surface area contributed by atoms with Crippen molar-refractivity contribution in [3.63, 3.8) is 0 Å². The Morgan fingerprint density at radius 1 is 1.29 bits per heavy atom. The van der Waals surface area contributed by atoms with Gasteiger partial charge in [0, 0.05) is 27.2 Å². The van der Waals surface area contributed by atoms with Crippen LogP contribution in [0.5, 0.6) is 11.5 Å². The molecule has 0 bridgehead atoms. The Labute approximate surface area is 135 Å². The molecule has 0 aliphatic carbocycles. The summed E-state index contributed by atoms with van der Waals surface area (Å²) in [7, 11) is -0.913. The molecule has 2 aromatic rings. The van der Waals surface area contributed by atoms with Crippen molar-refractivity contribution in [2.45, 2.75) is 12.2 Å². The third-order valence-electron chi connectivity index (χ3n) is 3.14. The molecule has 6 heteroatoms. The van der Waals surface area contributed by atoms with E-state index in [1.807, 2.05) is 23.6 Å². The Hall–Kier alpha value is -1.04. The topological polar surface area (TPSA) is 35.5 Å². The van der Waals surface area contributed by atoms with Crippen LogP contribution in [0, 0.1) is 0 Å². The number of rotatable bonds is 5. The summed E-state index contributed by atoms with van der Waals surface area (Å²) in [5, 5.41) is 2.57. The van der Waals surface area contributed by atoms with Crippen LogP contribution < -0.4 is 9.47 Å². The first-order chi connectivity index (χ1) is 10.2. The molecule has 3 rings (SSSR count). The standard InChI is InChI=1S/C15H15ClO3S2/c16-13-8-11(9-14-15(13)19-5-4-18-14)10-21(17)7-3-12-2-1-6-20-12/h1-2,6,8-9H,3-5,7,10H2. The molecule has 112 valence electrons. The number of benzene rings is 1. The fourth-order valence-electron chi connectivity index (χ4n) is 2.17. The number of fused-ring (bicyclic) bond motifs is 1. The molecule has 0 saturated carbocycles. The molecule has 0 spiro atoms. The summed E-state index contributed by atoms with van der Waals surface area (Å²) in [5.74, 6) is 2.39. The normalized spacial score (nSPS) is 14.9. The molecular formula is C15H15ClO3S2. The fraction of sp³-hybridized carbons (Fsp3) is 0.333. The van der Waals surface area contributed by atoms with Gasteiger partial charge in [-0.15, -0.1) is 11.3 Å². The molecule has 2 heterocycles. The van der Waals surface area contributed by atoms with Crippen LogP contribution in [-0.4, -0.2) is 23.2 Å². The number of hydrogen-bond donors (Lipinski definition) is 0. The van der Waals surface area contributed by atoms with E-state index >= 15 is 0 Å². The SMILES string of the molecule is O=S(CCc1cccs1)Cc1cc(Cl)c2c(c1)OCCO2.